The van der Waals surface area contributed by atoms with Crippen LogP contribution in [0.2, 0.25) is 0 Å². The molecule has 4 rings (SSSR count). The van der Waals surface area contributed by atoms with Crippen LogP contribution in [0.15, 0.2) is 51.9 Å². The Bertz CT molecular complexity index is 1230. The molecule has 0 radical (unpaired) electrons. The van der Waals surface area contributed by atoms with Crippen molar-refractivity contribution >= 4 is 22.5 Å². The maximum atomic E-state index is 13.0. The number of aromatic nitrogens is 3. The van der Waals surface area contributed by atoms with Crippen molar-refractivity contribution in [2.24, 2.45) is 0 Å². The molecular formula is C21H22N4O3. The van der Waals surface area contributed by atoms with Crippen molar-refractivity contribution < 1.29 is 9.21 Å². The van der Waals surface area contributed by atoms with Gasteiger partial charge in [-0.3, -0.25) is 14.0 Å². The highest BCUT2D eigenvalue weighted by Gasteiger charge is 2.22. The number of nitrogens with one attached hydrogen (secondary N) is 1. The van der Waals surface area contributed by atoms with Crippen LogP contribution in [0.5, 0.6) is 0 Å². The van der Waals surface area contributed by atoms with E-state index in [2.05, 4.69) is 10.4 Å². The topological polar surface area (TPSA) is 81.5 Å². The molecule has 0 unspecified atom stereocenters. The lowest BCUT2D eigenvalue weighted by molar-refractivity contribution is -0.124. The molecule has 1 aromatic carbocycles. The van der Waals surface area contributed by atoms with Gasteiger partial charge in [0.15, 0.2) is 5.58 Å². The first-order valence-corrected chi connectivity index (χ1v) is 9.33. The molecule has 1 atom stereocenters. The molecule has 1 N–H and O–H groups in total. The van der Waals surface area contributed by atoms with Crippen molar-refractivity contribution in [3.8, 4) is 0 Å². The Morgan fingerprint density at radius 2 is 2.04 bits per heavy atom. The molecule has 0 aliphatic heterocycles. The fourth-order valence-electron chi connectivity index (χ4n) is 3.43. The predicted octanol–water partition coefficient (Wildman–Crippen LogP) is 2.99. The van der Waals surface area contributed by atoms with E-state index >= 15 is 0 Å². The standard InChI is InChI=1S/C21H22N4O3/c1-4-19-23-25(21(27)17-11-18-16(24(17)19)9-10-28-18)14(3)20(26)22-12-15-8-6-5-7-13(15)2/h5-11,14H,4,12H2,1-3H3,(H,22,26)/t14-/m0/s1. The molecule has 0 saturated carbocycles. The van der Waals surface area contributed by atoms with Crippen LogP contribution in [0.4, 0.5) is 0 Å². The molecule has 0 bridgehead atoms. The van der Waals surface area contributed by atoms with E-state index in [1.165, 1.54) is 4.68 Å². The summed E-state index contributed by atoms with van der Waals surface area (Å²) in [5.74, 6) is 0.448. The summed E-state index contributed by atoms with van der Waals surface area (Å²) >= 11 is 0. The van der Waals surface area contributed by atoms with Gasteiger partial charge >= 0.3 is 0 Å². The molecule has 3 aromatic heterocycles. The molecule has 144 valence electrons. The number of carbonyl (C=O) groups excluding carboxylic acids is 1. The van der Waals surface area contributed by atoms with E-state index in [4.69, 9.17) is 4.42 Å². The Kier molecular flexibility index (Phi) is 4.50. The number of hydrogen-bond acceptors (Lipinski definition) is 4. The van der Waals surface area contributed by atoms with Crippen molar-refractivity contribution in [1.82, 2.24) is 19.5 Å². The third-order valence-electron chi connectivity index (χ3n) is 5.11. The summed E-state index contributed by atoms with van der Waals surface area (Å²) < 4.78 is 8.49. The second kappa shape index (κ2) is 6.99. The first-order valence-electron chi connectivity index (χ1n) is 9.33. The molecular weight excluding hydrogens is 356 g/mol. The monoisotopic (exact) mass is 378 g/mol. The van der Waals surface area contributed by atoms with E-state index in [9.17, 15) is 9.59 Å². The molecule has 1 amide bonds. The molecule has 0 fully saturated rings. The van der Waals surface area contributed by atoms with E-state index in [1.54, 1.807) is 23.7 Å². The fraction of sp³-hybridized carbons (Fsp3) is 0.286. The van der Waals surface area contributed by atoms with E-state index in [1.807, 2.05) is 44.2 Å². The quantitative estimate of drug-likeness (QED) is 0.579. The summed E-state index contributed by atoms with van der Waals surface area (Å²) in [7, 11) is 0. The highest BCUT2D eigenvalue weighted by atomic mass is 16.3. The van der Waals surface area contributed by atoms with Crippen LogP contribution in [0.3, 0.4) is 0 Å². The number of carbonyl (C=O) groups is 1. The molecule has 7 heteroatoms. The van der Waals surface area contributed by atoms with E-state index < -0.39 is 6.04 Å². The Morgan fingerprint density at radius 3 is 2.79 bits per heavy atom. The zero-order valence-electron chi connectivity index (χ0n) is 16.1. The Balaban J connectivity index is 1.67. The van der Waals surface area contributed by atoms with Crippen molar-refractivity contribution in [2.45, 2.75) is 39.8 Å². The van der Waals surface area contributed by atoms with Gasteiger partial charge in [0, 0.05) is 25.1 Å². The normalized spacial score (nSPS) is 12.5. The molecule has 3 heterocycles. The van der Waals surface area contributed by atoms with Crippen molar-refractivity contribution in [3.05, 3.63) is 70.0 Å². The molecule has 0 aliphatic rings. The third-order valence-corrected chi connectivity index (χ3v) is 5.11. The lowest BCUT2D eigenvalue weighted by Gasteiger charge is -2.16. The smallest absolute Gasteiger partial charge is 0.291 e. The lowest BCUT2D eigenvalue weighted by atomic mass is 10.1. The van der Waals surface area contributed by atoms with Gasteiger partial charge in [-0.05, 0) is 25.0 Å². The summed E-state index contributed by atoms with van der Waals surface area (Å²) in [5, 5.41) is 7.39. The number of nitrogens with zero attached hydrogens (tertiary/aromatic N) is 3. The Labute approximate surface area is 161 Å². The van der Waals surface area contributed by atoms with Gasteiger partial charge in [-0.2, -0.15) is 5.10 Å². The zero-order chi connectivity index (χ0) is 19.8. The predicted molar refractivity (Wildman–Crippen MR) is 106 cm³/mol. The summed E-state index contributed by atoms with van der Waals surface area (Å²) in [6.07, 6.45) is 2.20. The van der Waals surface area contributed by atoms with E-state index in [0.717, 1.165) is 16.6 Å². The van der Waals surface area contributed by atoms with E-state index in [-0.39, 0.29) is 11.5 Å². The van der Waals surface area contributed by atoms with Gasteiger partial charge < -0.3 is 9.73 Å². The minimum absolute atomic E-state index is 0.250. The van der Waals surface area contributed by atoms with Gasteiger partial charge in [0.05, 0.1) is 11.8 Å². The number of aryl methyl sites for hydroxylation is 2. The second-order valence-electron chi connectivity index (χ2n) is 6.87. The van der Waals surface area contributed by atoms with Gasteiger partial charge in [0.25, 0.3) is 5.56 Å². The van der Waals surface area contributed by atoms with Crippen LogP contribution < -0.4 is 10.9 Å². The van der Waals surface area contributed by atoms with Gasteiger partial charge in [0.1, 0.15) is 17.4 Å². The van der Waals surface area contributed by atoms with Crippen LogP contribution in [-0.4, -0.2) is 20.1 Å². The summed E-state index contributed by atoms with van der Waals surface area (Å²) in [6.45, 7) is 6.06. The largest absolute Gasteiger partial charge is 0.463 e. The van der Waals surface area contributed by atoms with Gasteiger partial charge in [0.2, 0.25) is 5.91 Å². The first kappa shape index (κ1) is 18.0. The maximum absolute atomic E-state index is 13.0. The minimum Gasteiger partial charge on any atom is -0.463 e. The van der Waals surface area contributed by atoms with Crippen LogP contribution >= 0.6 is 0 Å². The number of fused-ring (bicyclic) bond motifs is 3. The number of furan rings is 1. The molecule has 4 aromatic rings. The molecule has 0 saturated heterocycles. The Morgan fingerprint density at radius 1 is 1.25 bits per heavy atom. The molecule has 7 nitrogen and oxygen atoms in total. The second-order valence-corrected chi connectivity index (χ2v) is 6.87. The highest BCUT2D eigenvalue weighted by Crippen LogP contribution is 2.21. The average Bonchev–Trinajstić information content (AvgIpc) is 3.29. The van der Waals surface area contributed by atoms with Crippen molar-refractivity contribution in [2.75, 3.05) is 0 Å². The van der Waals surface area contributed by atoms with Crippen LogP contribution in [0, 0.1) is 6.92 Å². The van der Waals surface area contributed by atoms with E-state index in [0.29, 0.717) is 29.9 Å². The number of amides is 1. The molecule has 28 heavy (non-hydrogen) atoms. The summed E-state index contributed by atoms with van der Waals surface area (Å²) in [6, 6.07) is 10.7. The van der Waals surface area contributed by atoms with Crippen molar-refractivity contribution in [3.63, 3.8) is 0 Å². The zero-order valence-corrected chi connectivity index (χ0v) is 16.1. The molecule has 0 aliphatic carbocycles. The fourth-order valence-corrected chi connectivity index (χ4v) is 3.43. The summed E-state index contributed by atoms with van der Waals surface area (Å²) in [5.41, 5.74) is 3.72. The number of benzene rings is 1. The van der Waals surface area contributed by atoms with Crippen molar-refractivity contribution in [1.29, 1.82) is 0 Å². The number of hydrogen-bond donors (Lipinski definition) is 1. The third kappa shape index (κ3) is 2.89. The average molecular weight is 378 g/mol. The van der Waals surface area contributed by atoms with Crippen LogP contribution in [0.1, 0.15) is 36.8 Å². The van der Waals surface area contributed by atoms with Gasteiger partial charge in [-0.15, -0.1) is 0 Å². The SMILES string of the molecule is CCc1nn([C@@H](C)C(=O)NCc2ccccc2C)c(=O)c2cc3occc3n12. The minimum atomic E-state index is -0.729. The van der Waals surface area contributed by atoms with Crippen LogP contribution in [0.25, 0.3) is 16.6 Å². The van der Waals surface area contributed by atoms with Crippen LogP contribution in [-0.2, 0) is 17.8 Å². The number of rotatable bonds is 5. The lowest BCUT2D eigenvalue weighted by Crippen LogP contribution is -2.38. The first-order chi connectivity index (χ1) is 13.5. The highest BCUT2D eigenvalue weighted by molar-refractivity contribution is 5.83. The maximum Gasteiger partial charge on any atom is 0.291 e. The van der Waals surface area contributed by atoms with Gasteiger partial charge in [-0.1, -0.05) is 31.2 Å². The Hall–Kier alpha value is -3.35. The van der Waals surface area contributed by atoms with Gasteiger partial charge in [-0.25, -0.2) is 4.68 Å². The summed E-state index contributed by atoms with van der Waals surface area (Å²) in [4.78, 5) is 25.7. The molecule has 0 spiro atoms.